The number of fused-ring (bicyclic) bond motifs is 10. The molecule has 50 heavy (non-hydrogen) atoms. The first kappa shape index (κ1) is 30.9. The monoisotopic (exact) mass is 651 g/mol. The van der Waals surface area contributed by atoms with Crippen molar-refractivity contribution in [3.8, 4) is 16.8 Å². The molecule has 0 saturated heterocycles. The molecular weight excluding hydrogens is 607 g/mol. The fraction of sp³-hybridized carbons (Fsp3) is 0.250. The van der Waals surface area contributed by atoms with Crippen LogP contribution < -0.4 is 0 Å². The highest BCUT2D eigenvalue weighted by atomic mass is 16.3. The smallest absolute Gasteiger partial charge is 0.135 e. The zero-order valence-corrected chi connectivity index (χ0v) is 29.3. The molecule has 0 saturated carbocycles. The minimum absolute atomic E-state index is 0.288. The van der Waals surface area contributed by atoms with Crippen molar-refractivity contribution in [3.05, 3.63) is 150 Å². The number of benzene rings is 6. The quantitative estimate of drug-likeness (QED) is 0.135. The molecule has 248 valence electrons. The first-order chi connectivity index (χ1) is 24.7. The van der Waals surface area contributed by atoms with E-state index in [1.54, 1.807) is 0 Å². The number of nitrogens with zero attached hydrogens (tertiary/aromatic N) is 1. The van der Waals surface area contributed by atoms with E-state index >= 15 is 0 Å². The summed E-state index contributed by atoms with van der Waals surface area (Å²) in [6.07, 6.45) is 10.1. The normalized spacial score (nSPS) is 14.8. The minimum atomic E-state index is 0.288. The van der Waals surface area contributed by atoms with Gasteiger partial charge in [0.05, 0.1) is 11.0 Å². The maximum Gasteiger partial charge on any atom is 0.135 e. The number of unbranched alkanes of at least 4 members (excludes halogenated alkanes) is 5. The van der Waals surface area contributed by atoms with Gasteiger partial charge in [-0.3, -0.25) is 0 Å². The Balaban J connectivity index is 1.22. The molecule has 0 N–H and O–H groups in total. The van der Waals surface area contributed by atoms with Crippen LogP contribution in [0.3, 0.4) is 0 Å². The van der Waals surface area contributed by atoms with Gasteiger partial charge in [-0.1, -0.05) is 137 Å². The molecule has 2 aromatic heterocycles. The van der Waals surface area contributed by atoms with Crippen LogP contribution in [0.5, 0.6) is 0 Å². The standard InChI is InChI=1S/C48H45NO/c1-3-4-5-6-7-8-16-33-17-15-19-36(29-33)49-44-23-13-11-21-38(44)41-27-26-40-37-20-10-9-18-35(37)31-42(47(40)48(41)49)32(2)34-25-28-46-43(30-34)39-22-12-14-24-45(39)50-46/h9-15,17-30,32,42H,3-8,16,31H2,1-2H3. The number of hydrogen-bond donors (Lipinski definition) is 0. The van der Waals surface area contributed by atoms with Gasteiger partial charge in [0, 0.05) is 27.2 Å². The molecule has 0 amide bonds. The van der Waals surface area contributed by atoms with E-state index in [0.29, 0.717) is 5.92 Å². The Morgan fingerprint density at radius 2 is 1.42 bits per heavy atom. The average Bonchev–Trinajstić information content (AvgIpc) is 3.71. The van der Waals surface area contributed by atoms with Gasteiger partial charge in [0.1, 0.15) is 11.2 Å². The summed E-state index contributed by atoms with van der Waals surface area (Å²) in [4.78, 5) is 0. The molecular formula is C48H45NO. The predicted octanol–water partition coefficient (Wildman–Crippen LogP) is 13.7. The Morgan fingerprint density at radius 1 is 0.640 bits per heavy atom. The lowest BCUT2D eigenvalue weighted by molar-refractivity contribution is 0.570. The predicted molar refractivity (Wildman–Crippen MR) is 212 cm³/mol. The van der Waals surface area contributed by atoms with Crippen molar-refractivity contribution in [2.75, 3.05) is 0 Å². The highest BCUT2D eigenvalue weighted by Crippen LogP contribution is 2.51. The maximum atomic E-state index is 6.24. The van der Waals surface area contributed by atoms with E-state index in [1.165, 1.54) is 110 Å². The van der Waals surface area contributed by atoms with Gasteiger partial charge in [-0.05, 0) is 101 Å². The summed E-state index contributed by atoms with van der Waals surface area (Å²) < 4.78 is 8.84. The van der Waals surface area contributed by atoms with Crippen LogP contribution in [0.1, 0.15) is 86.5 Å². The van der Waals surface area contributed by atoms with E-state index in [2.05, 4.69) is 146 Å². The van der Waals surface area contributed by atoms with Crippen molar-refractivity contribution < 1.29 is 4.42 Å². The topological polar surface area (TPSA) is 18.1 Å². The van der Waals surface area contributed by atoms with Crippen LogP contribution in [-0.2, 0) is 12.8 Å². The molecule has 2 heterocycles. The second-order valence-corrected chi connectivity index (χ2v) is 14.6. The Kier molecular flexibility index (Phi) is 8.04. The van der Waals surface area contributed by atoms with Gasteiger partial charge < -0.3 is 8.98 Å². The van der Waals surface area contributed by atoms with E-state index < -0.39 is 0 Å². The van der Waals surface area contributed by atoms with Crippen LogP contribution in [0.25, 0.3) is 60.6 Å². The number of aromatic nitrogens is 1. The van der Waals surface area contributed by atoms with Gasteiger partial charge in [-0.2, -0.15) is 0 Å². The summed E-state index contributed by atoms with van der Waals surface area (Å²) >= 11 is 0. The van der Waals surface area contributed by atoms with Crippen LogP contribution in [0.4, 0.5) is 0 Å². The van der Waals surface area contributed by atoms with Crippen LogP contribution in [0.15, 0.2) is 132 Å². The SMILES string of the molecule is CCCCCCCCc1cccc(-n2c3ccccc3c3ccc4c(c32)C(C(C)c2ccc3oc5ccccc5c3c2)Cc2ccccc2-4)c1. The van der Waals surface area contributed by atoms with Crippen molar-refractivity contribution in [2.45, 2.75) is 77.0 Å². The van der Waals surface area contributed by atoms with E-state index in [4.69, 9.17) is 4.42 Å². The zero-order valence-electron chi connectivity index (χ0n) is 29.3. The largest absolute Gasteiger partial charge is 0.456 e. The molecule has 9 rings (SSSR count). The molecule has 0 radical (unpaired) electrons. The van der Waals surface area contributed by atoms with Gasteiger partial charge in [0.2, 0.25) is 0 Å². The van der Waals surface area contributed by atoms with Crippen LogP contribution in [-0.4, -0.2) is 4.57 Å². The number of furan rings is 1. The molecule has 1 aliphatic carbocycles. The molecule has 6 aromatic carbocycles. The third-order valence-electron chi connectivity index (χ3n) is 11.5. The summed E-state index contributed by atoms with van der Waals surface area (Å²) in [6, 6.07) is 47.6. The lowest BCUT2D eigenvalue weighted by Crippen LogP contribution is -2.18. The summed E-state index contributed by atoms with van der Waals surface area (Å²) in [5.41, 5.74) is 14.3. The molecule has 2 nitrogen and oxygen atoms in total. The molecule has 1 aliphatic rings. The van der Waals surface area contributed by atoms with Gasteiger partial charge in [0.15, 0.2) is 0 Å². The highest BCUT2D eigenvalue weighted by Gasteiger charge is 2.33. The number of para-hydroxylation sites is 2. The van der Waals surface area contributed by atoms with Gasteiger partial charge in [0.25, 0.3) is 0 Å². The molecule has 2 unspecified atom stereocenters. The Labute approximate surface area is 295 Å². The number of rotatable bonds is 10. The molecule has 2 heteroatoms. The van der Waals surface area contributed by atoms with E-state index in [0.717, 1.165) is 24.0 Å². The molecule has 0 aliphatic heterocycles. The van der Waals surface area contributed by atoms with Crippen molar-refractivity contribution in [3.63, 3.8) is 0 Å². The summed E-state index contributed by atoms with van der Waals surface area (Å²) in [6.45, 7) is 4.74. The van der Waals surface area contributed by atoms with Gasteiger partial charge in [-0.25, -0.2) is 0 Å². The van der Waals surface area contributed by atoms with Gasteiger partial charge in [-0.15, -0.1) is 0 Å². The molecule has 0 spiro atoms. The fourth-order valence-corrected chi connectivity index (χ4v) is 8.91. The first-order valence-corrected chi connectivity index (χ1v) is 18.8. The van der Waals surface area contributed by atoms with E-state index in [9.17, 15) is 0 Å². The molecule has 0 fully saturated rings. The Morgan fingerprint density at radius 3 is 2.34 bits per heavy atom. The summed E-state index contributed by atoms with van der Waals surface area (Å²) in [5, 5.41) is 5.06. The van der Waals surface area contributed by atoms with Crippen molar-refractivity contribution in [1.29, 1.82) is 0 Å². The lowest BCUT2D eigenvalue weighted by Gasteiger charge is -2.33. The minimum Gasteiger partial charge on any atom is -0.456 e. The molecule has 0 bridgehead atoms. The second kappa shape index (κ2) is 13.0. The fourth-order valence-electron chi connectivity index (χ4n) is 8.91. The lowest BCUT2D eigenvalue weighted by atomic mass is 9.71. The molecule has 2 atom stereocenters. The Bertz CT molecular complexity index is 2490. The van der Waals surface area contributed by atoms with Crippen molar-refractivity contribution in [1.82, 2.24) is 4.57 Å². The van der Waals surface area contributed by atoms with Crippen molar-refractivity contribution in [2.24, 2.45) is 0 Å². The highest BCUT2D eigenvalue weighted by molar-refractivity contribution is 6.12. The third-order valence-corrected chi connectivity index (χ3v) is 11.5. The summed E-state index contributed by atoms with van der Waals surface area (Å²) in [5.74, 6) is 0.588. The maximum absolute atomic E-state index is 6.24. The van der Waals surface area contributed by atoms with E-state index in [1.807, 2.05) is 0 Å². The second-order valence-electron chi connectivity index (χ2n) is 14.6. The third kappa shape index (κ3) is 5.24. The van der Waals surface area contributed by atoms with Crippen LogP contribution >= 0.6 is 0 Å². The first-order valence-electron chi connectivity index (χ1n) is 18.8. The number of aryl methyl sites for hydroxylation is 1. The number of hydrogen-bond acceptors (Lipinski definition) is 1. The van der Waals surface area contributed by atoms with Gasteiger partial charge >= 0.3 is 0 Å². The average molecular weight is 652 g/mol. The Hall–Kier alpha value is -5.08. The zero-order chi connectivity index (χ0) is 33.6. The van der Waals surface area contributed by atoms with Crippen LogP contribution in [0, 0.1) is 0 Å². The summed E-state index contributed by atoms with van der Waals surface area (Å²) in [7, 11) is 0. The van der Waals surface area contributed by atoms with Crippen molar-refractivity contribution >= 4 is 43.7 Å². The molecule has 8 aromatic rings. The van der Waals surface area contributed by atoms with E-state index in [-0.39, 0.29) is 5.92 Å². The van der Waals surface area contributed by atoms with Crippen LogP contribution in [0.2, 0.25) is 0 Å².